The molecule has 1 aromatic heterocycles. The van der Waals surface area contributed by atoms with Gasteiger partial charge in [-0.3, -0.25) is 0 Å². The van der Waals surface area contributed by atoms with Gasteiger partial charge in [-0.2, -0.15) is 0 Å². The summed E-state index contributed by atoms with van der Waals surface area (Å²) in [7, 11) is 0. The van der Waals surface area contributed by atoms with Crippen LogP contribution >= 0.6 is 0 Å². The highest BCUT2D eigenvalue weighted by Gasteiger charge is 2.26. The predicted molar refractivity (Wildman–Crippen MR) is 263 cm³/mol. The van der Waals surface area contributed by atoms with Crippen molar-refractivity contribution in [3.63, 3.8) is 0 Å². The fraction of sp³-hybridized carbons (Fsp3) is 0. The van der Waals surface area contributed by atoms with Crippen LogP contribution in [0, 0.1) is 0 Å². The fourth-order valence-electron chi connectivity index (χ4n) is 9.14. The molecule has 2 heteroatoms. The van der Waals surface area contributed by atoms with E-state index in [1.807, 2.05) is 0 Å². The van der Waals surface area contributed by atoms with Crippen molar-refractivity contribution in [3.05, 3.63) is 255 Å². The van der Waals surface area contributed by atoms with E-state index in [0.717, 1.165) is 56.0 Å². The molecular weight excluding hydrogens is 749 g/mol. The minimum atomic E-state index is 1.08. The predicted octanol–water partition coefficient (Wildman–Crippen LogP) is 16.6. The smallest absolute Gasteiger partial charge is 0.0618 e. The number of aromatic nitrogens is 1. The molecule has 0 bridgehead atoms. The van der Waals surface area contributed by atoms with Gasteiger partial charge >= 0.3 is 0 Å². The molecule has 0 aliphatic rings. The van der Waals surface area contributed by atoms with Crippen molar-refractivity contribution < 1.29 is 0 Å². The van der Waals surface area contributed by atoms with Crippen molar-refractivity contribution in [1.29, 1.82) is 0 Å². The summed E-state index contributed by atoms with van der Waals surface area (Å²) in [5, 5.41) is 2.38. The van der Waals surface area contributed by atoms with Gasteiger partial charge in [-0.05, 0) is 75.3 Å². The molecule has 0 atom stereocenters. The third kappa shape index (κ3) is 6.65. The molecule has 0 aliphatic heterocycles. The third-order valence-corrected chi connectivity index (χ3v) is 12.0. The molecule has 0 amide bonds. The highest BCUT2D eigenvalue weighted by atomic mass is 15.2. The first-order chi connectivity index (χ1) is 30.8. The van der Waals surface area contributed by atoms with E-state index in [-0.39, 0.29) is 0 Å². The molecule has 11 rings (SSSR count). The number of benzene rings is 10. The van der Waals surface area contributed by atoms with Gasteiger partial charge in [0.1, 0.15) is 0 Å². The molecule has 1 heterocycles. The summed E-state index contributed by atoms with van der Waals surface area (Å²) >= 11 is 0. The van der Waals surface area contributed by atoms with Gasteiger partial charge in [0.15, 0.2) is 0 Å². The zero-order valence-electron chi connectivity index (χ0n) is 34.1. The first kappa shape index (κ1) is 36.8. The zero-order chi connectivity index (χ0) is 41.2. The maximum absolute atomic E-state index is 2.50. The molecule has 0 unspecified atom stereocenters. The normalized spacial score (nSPS) is 11.2. The molecule has 2 nitrogen and oxygen atoms in total. The van der Waals surface area contributed by atoms with Crippen LogP contribution in [0.1, 0.15) is 0 Å². The Labute approximate surface area is 362 Å². The zero-order valence-corrected chi connectivity index (χ0v) is 34.1. The van der Waals surface area contributed by atoms with Crippen LogP contribution in [-0.2, 0) is 0 Å². The van der Waals surface area contributed by atoms with Gasteiger partial charge in [-0.25, -0.2) is 0 Å². The molecule has 0 aliphatic carbocycles. The van der Waals surface area contributed by atoms with Gasteiger partial charge in [0.2, 0.25) is 0 Å². The van der Waals surface area contributed by atoms with Crippen molar-refractivity contribution >= 4 is 38.9 Å². The lowest BCUT2D eigenvalue weighted by Gasteiger charge is -2.31. The molecule has 0 radical (unpaired) electrons. The first-order valence-corrected chi connectivity index (χ1v) is 21.3. The van der Waals surface area contributed by atoms with E-state index in [2.05, 4.69) is 264 Å². The van der Waals surface area contributed by atoms with Crippen LogP contribution in [0.25, 0.3) is 83.1 Å². The lowest BCUT2D eigenvalue weighted by atomic mass is 9.92. The van der Waals surface area contributed by atoms with E-state index < -0.39 is 0 Å². The maximum Gasteiger partial charge on any atom is 0.0618 e. The number of hydrogen-bond acceptors (Lipinski definition) is 1. The number of para-hydroxylation sites is 4. The van der Waals surface area contributed by atoms with E-state index >= 15 is 0 Å². The maximum atomic E-state index is 2.50. The number of anilines is 3. The topological polar surface area (TPSA) is 8.17 Å². The van der Waals surface area contributed by atoms with Crippen LogP contribution in [-0.4, -0.2) is 4.57 Å². The molecular formula is C60H42N2. The average Bonchev–Trinajstić information content (AvgIpc) is 3.70. The highest BCUT2D eigenvalue weighted by molar-refractivity contribution is 6.18. The van der Waals surface area contributed by atoms with E-state index in [9.17, 15) is 0 Å². The Morgan fingerprint density at radius 3 is 1.27 bits per heavy atom. The first-order valence-electron chi connectivity index (χ1n) is 21.3. The Bertz CT molecular complexity index is 3200. The third-order valence-electron chi connectivity index (χ3n) is 12.0. The van der Waals surface area contributed by atoms with Crippen LogP contribution in [0.15, 0.2) is 255 Å². The number of nitrogens with zero attached hydrogens (tertiary/aromatic N) is 2. The monoisotopic (exact) mass is 790 g/mol. The summed E-state index contributed by atoms with van der Waals surface area (Å²) in [4.78, 5) is 2.50. The Kier molecular flexibility index (Phi) is 9.57. The molecule has 0 fully saturated rings. The SMILES string of the molecule is c1ccc(-c2ccc(-c3cccc(-c4ccc(-c5ccccc5)cc4)c3N(c3ccccc3)c3cccc4c3c3ccccc3n4-c3ccccc3-c3ccccc3)cc2)cc1. The standard InChI is InChI=1S/C60H42N2/c1-5-19-43(20-6-1)45-35-39-48(40-36-45)52-29-17-30-53(49-41-37-46(38-42-49)44-21-7-2-8-22-44)60(52)61(50-25-11-4-12-26-50)57-33-18-34-58-59(57)54-28-14-16-32-56(54)62(58)55-31-15-13-27-51(55)47-23-9-3-10-24-47/h1-42H. The van der Waals surface area contributed by atoms with Crippen molar-refractivity contribution in [2.45, 2.75) is 0 Å². The lowest BCUT2D eigenvalue weighted by Crippen LogP contribution is -2.13. The lowest BCUT2D eigenvalue weighted by molar-refractivity contribution is 1.18. The second kappa shape index (κ2) is 16.1. The molecule has 0 saturated carbocycles. The second-order valence-corrected chi connectivity index (χ2v) is 15.7. The van der Waals surface area contributed by atoms with Gasteiger partial charge < -0.3 is 9.47 Å². The number of rotatable bonds is 9. The van der Waals surface area contributed by atoms with Crippen molar-refractivity contribution in [3.8, 4) is 61.3 Å². The molecule has 10 aromatic carbocycles. The fourth-order valence-corrected chi connectivity index (χ4v) is 9.14. The van der Waals surface area contributed by atoms with E-state index in [1.165, 1.54) is 44.2 Å². The van der Waals surface area contributed by atoms with Gasteiger partial charge in [0.05, 0.1) is 28.1 Å². The van der Waals surface area contributed by atoms with Gasteiger partial charge in [-0.15, -0.1) is 0 Å². The summed E-state index contributed by atoms with van der Waals surface area (Å²) in [5.74, 6) is 0. The van der Waals surface area contributed by atoms with Gasteiger partial charge in [0.25, 0.3) is 0 Å². The molecule has 292 valence electrons. The summed E-state index contributed by atoms with van der Waals surface area (Å²) in [6, 6.07) is 92.2. The Balaban J connectivity index is 1.19. The second-order valence-electron chi connectivity index (χ2n) is 15.7. The van der Waals surface area contributed by atoms with Gasteiger partial charge in [-0.1, -0.05) is 218 Å². The Morgan fingerprint density at radius 1 is 0.274 bits per heavy atom. The van der Waals surface area contributed by atoms with Crippen molar-refractivity contribution in [2.24, 2.45) is 0 Å². The largest absolute Gasteiger partial charge is 0.309 e. The molecule has 11 aromatic rings. The van der Waals surface area contributed by atoms with E-state index in [4.69, 9.17) is 0 Å². The highest BCUT2D eigenvalue weighted by Crippen LogP contribution is 2.50. The van der Waals surface area contributed by atoms with Crippen LogP contribution < -0.4 is 4.90 Å². The summed E-state index contributed by atoms with van der Waals surface area (Å²) < 4.78 is 2.46. The quantitative estimate of drug-likeness (QED) is 0.141. The summed E-state index contributed by atoms with van der Waals surface area (Å²) in [6.07, 6.45) is 0. The molecule has 0 saturated heterocycles. The van der Waals surface area contributed by atoms with Crippen LogP contribution in [0.4, 0.5) is 17.1 Å². The van der Waals surface area contributed by atoms with Crippen LogP contribution in [0.5, 0.6) is 0 Å². The molecule has 62 heavy (non-hydrogen) atoms. The van der Waals surface area contributed by atoms with Crippen molar-refractivity contribution in [1.82, 2.24) is 4.57 Å². The Morgan fingerprint density at radius 2 is 0.677 bits per heavy atom. The Hall–Kier alpha value is -8.20. The van der Waals surface area contributed by atoms with E-state index in [1.54, 1.807) is 0 Å². The minimum Gasteiger partial charge on any atom is -0.309 e. The number of fused-ring (bicyclic) bond motifs is 3. The van der Waals surface area contributed by atoms with E-state index in [0.29, 0.717) is 0 Å². The van der Waals surface area contributed by atoms with Crippen LogP contribution in [0.3, 0.4) is 0 Å². The van der Waals surface area contributed by atoms with Crippen molar-refractivity contribution in [2.75, 3.05) is 4.90 Å². The average molecular weight is 791 g/mol. The minimum absolute atomic E-state index is 1.08. The van der Waals surface area contributed by atoms with Crippen LogP contribution in [0.2, 0.25) is 0 Å². The molecule has 0 spiro atoms. The summed E-state index contributed by atoms with van der Waals surface area (Å²) in [5.41, 5.74) is 18.5. The van der Waals surface area contributed by atoms with Gasteiger partial charge in [0, 0.05) is 33.2 Å². The molecule has 0 N–H and O–H groups in total. The summed E-state index contributed by atoms with van der Waals surface area (Å²) in [6.45, 7) is 0. The number of hydrogen-bond donors (Lipinski definition) is 0.